The van der Waals surface area contributed by atoms with Gasteiger partial charge in [0.1, 0.15) is 28.7 Å². The van der Waals surface area contributed by atoms with Crippen molar-refractivity contribution < 1.29 is 67.8 Å². The van der Waals surface area contributed by atoms with Crippen LogP contribution in [0.5, 0.6) is 28.7 Å². The molecule has 8 rings (SSSR count). The predicted octanol–water partition coefficient (Wildman–Crippen LogP) is 9.13. The van der Waals surface area contributed by atoms with Crippen molar-refractivity contribution >= 4 is 37.6 Å². The molecule has 0 aliphatic heterocycles. The molecule has 2 fully saturated rings. The third-order valence-corrected chi connectivity index (χ3v) is 13.4. The number of amides is 1. The second-order valence-corrected chi connectivity index (χ2v) is 18.9. The highest BCUT2D eigenvalue weighted by molar-refractivity contribution is 7.91. The number of carbonyl (C=O) groups excluding carboxylic acids is 2. The number of carbonyl (C=O) groups is 2. The zero-order chi connectivity index (χ0) is 45.4. The first-order valence-electron chi connectivity index (χ1n) is 19.8. The minimum atomic E-state index is -3.27. The van der Waals surface area contributed by atoms with E-state index >= 15 is 0 Å². The Morgan fingerprint density at radius 3 is 1.31 bits per heavy atom. The normalized spacial score (nSPS) is 13.3. The van der Waals surface area contributed by atoms with Gasteiger partial charge in [-0.25, -0.2) is 36.0 Å². The summed E-state index contributed by atoms with van der Waals surface area (Å²) in [6.45, 7) is 2.50. The minimum Gasteiger partial charge on any atom is -0.457 e. The van der Waals surface area contributed by atoms with E-state index in [2.05, 4.69) is 9.73 Å². The van der Waals surface area contributed by atoms with Gasteiger partial charge in [-0.1, -0.05) is 7.43 Å². The van der Waals surface area contributed by atoms with Crippen molar-refractivity contribution in [3.8, 4) is 28.7 Å². The molecule has 1 N–H and O–H groups in total. The maximum Gasteiger partial charge on any atom is 0.519 e. The van der Waals surface area contributed by atoms with Gasteiger partial charge in [0.2, 0.25) is 0 Å². The molecule has 2 saturated carbocycles. The molecule has 1 amide bonds. The van der Waals surface area contributed by atoms with Crippen molar-refractivity contribution in [2.75, 3.05) is 16.8 Å². The number of anilines is 1. The van der Waals surface area contributed by atoms with E-state index < -0.39 is 43.6 Å². The zero-order valence-corrected chi connectivity index (χ0v) is 35.9. The lowest BCUT2D eigenvalue weighted by Crippen LogP contribution is -2.13. The molecule has 4 aromatic carbocycles. The third kappa shape index (κ3) is 14.0. The first-order valence-corrected chi connectivity index (χ1v) is 23.1. The molecule has 20 heteroatoms. The molecule has 2 aliphatic rings. The van der Waals surface area contributed by atoms with Gasteiger partial charge in [-0.3, -0.25) is 5.32 Å². The number of nitrogens with one attached hydrogen (secondary N) is 1. The highest BCUT2D eigenvalue weighted by Gasteiger charge is 2.30. The van der Waals surface area contributed by atoms with Crippen LogP contribution in [0.3, 0.4) is 0 Å². The molecular formula is C45H45NO17S2. The van der Waals surface area contributed by atoms with Crippen LogP contribution in [0.25, 0.3) is 0 Å². The van der Waals surface area contributed by atoms with Crippen LogP contribution in [-0.4, -0.2) is 40.6 Å². The number of ether oxygens (including phenoxy) is 5. The van der Waals surface area contributed by atoms with Crippen molar-refractivity contribution in [3.63, 3.8) is 0 Å². The Labute approximate surface area is 372 Å². The molecular weight excluding hydrogens is 891 g/mol. The predicted molar refractivity (Wildman–Crippen MR) is 231 cm³/mol. The van der Waals surface area contributed by atoms with Crippen molar-refractivity contribution in [3.05, 3.63) is 141 Å². The Bertz CT molecular complexity index is 2700. The smallest absolute Gasteiger partial charge is 0.457 e. The van der Waals surface area contributed by atoms with Crippen LogP contribution in [0.15, 0.2) is 134 Å². The molecule has 2 aliphatic carbocycles. The summed E-state index contributed by atoms with van der Waals surface area (Å²) >= 11 is 0. The molecule has 0 saturated heterocycles. The summed E-state index contributed by atoms with van der Waals surface area (Å²) in [5.74, 6) is 2.09. The van der Waals surface area contributed by atoms with Crippen molar-refractivity contribution in [2.24, 2.45) is 11.8 Å². The Balaban J connectivity index is 0.000000212. The van der Waals surface area contributed by atoms with Crippen LogP contribution in [0.1, 0.15) is 56.2 Å². The Morgan fingerprint density at radius 2 is 0.923 bits per heavy atom. The summed E-state index contributed by atoms with van der Waals surface area (Å²) < 4.78 is 94.4. The van der Waals surface area contributed by atoms with Gasteiger partial charge >= 0.3 is 23.9 Å². The van der Waals surface area contributed by atoms with E-state index in [1.807, 2.05) is 0 Å². The quantitative estimate of drug-likeness (QED) is 0.0701. The lowest BCUT2D eigenvalue weighted by Gasteiger charge is -2.09. The molecule has 2 heterocycles. The van der Waals surface area contributed by atoms with Crippen molar-refractivity contribution in [2.45, 2.75) is 70.0 Å². The summed E-state index contributed by atoms with van der Waals surface area (Å²) in [6.07, 6.45) is 2.19. The maximum atomic E-state index is 12.3. The first-order chi connectivity index (χ1) is 30.6. The van der Waals surface area contributed by atoms with Gasteiger partial charge in [0.05, 0.1) is 21.3 Å². The number of hydrogen-bond acceptors (Lipinski definition) is 17. The Morgan fingerprint density at radius 1 is 0.554 bits per heavy atom. The molecule has 18 nitrogen and oxygen atoms in total. The van der Waals surface area contributed by atoms with Gasteiger partial charge < -0.3 is 41.4 Å². The molecule has 6 aromatic rings. The summed E-state index contributed by atoms with van der Waals surface area (Å²) in [6, 6.07) is 25.3. The molecule has 0 atom stereocenters. The standard InChI is InChI=1S/C22H21NO8S.C22H20O9S.CH4/c1-14-20(31-22(25)29-14)12-28-21(24)23-16-4-6-17(7-5-16)30-18-8-10-19(11-9-18)32(26,27)13-15-2-3-15;1-14-20(31-22(24)28-14)12-27-21(23)30-18-6-4-16(5-7-18)29-17-8-10-19(11-9-17)32(25,26)13-15-2-3-15;/h4-11,15H,2-3,12-13H2,1H3,(H,23,24);4-11,15H,2-3,12-13H2,1H3;1H4. The monoisotopic (exact) mass is 935 g/mol. The zero-order valence-electron chi connectivity index (χ0n) is 34.3. The summed E-state index contributed by atoms with van der Waals surface area (Å²) in [5.41, 5.74) is 0.467. The van der Waals surface area contributed by atoms with E-state index in [1.165, 1.54) is 38.1 Å². The molecule has 0 unspecified atom stereocenters. The average Bonchev–Trinajstić information content (AvgIpc) is 4.19. The largest absolute Gasteiger partial charge is 0.519 e. The van der Waals surface area contributed by atoms with E-state index in [0.717, 1.165) is 25.7 Å². The number of aryl methyl sites for hydroxylation is 2. The van der Waals surface area contributed by atoms with Gasteiger partial charge in [0, 0.05) is 5.69 Å². The topological polar surface area (TPSA) is 247 Å². The van der Waals surface area contributed by atoms with Gasteiger partial charge in [-0.15, -0.1) is 0 Å². The van der Waals surface area contributed by atoms with Gasteiger partial charge in [0.25, 0.3) is 0 Å². The first kappa shape index (κ1) is 47.4. The molecule has 0 radical (unpaired) electrons. The van der Waals surface area contributed by atoms with Crippen LogP contribution in [0, 0.1) is 25.7 Å². The summed E-state index contributed by atoms with van der Waals surface area (Å²) in [7, 11) is -6.53. The van der Waals surface area contributed by atoms with Gasteiger partial charge in [-0.05, 0) is 148 Å². The molecule has 2 aromatic heterocycles. The Hall–Kier alpha value is -7.06. The highest BCUT2D eigenvalue weighted by atomic mass is 32.2. The SMILES string of the molecule is C.Cc1oc(=O)oc1COC(=O)Nc1ccc(Oc2ccc(S(=O)(=O)CC3CC3)cc2)cc1.Cc1oc(=O)oc1COC(=O)Oc1ccc(Oc2ccc(S(=O)(=O)CC3CC3)cc2)cc1. The second-order valence-electron chi connectivity index (χ2n) is 14.8. The number of sulfone groups is 2. The van der Waals surface area contributed by atoms with Crippen molar-refractivity contribution in [1.29, 1.82) is 0 Å². The average molecular weight is 936 g/mol. The van der Waals surface area contributed by atoms with E-state index in [4.69, 9.17) is 36.9 Å². The second kappa shape index (κ2) is 20.6. The summed E-state index contributed by atoms with van der Waals surface area (Å²) in [4.78, 5) is 46.2. The van der Waals surface area contributed by atoms with Crippen LogP contribution in [0.4, 0.5) is 15.3 Å². The van der Waals surface area contributed by atoms with E-state index in [0.29, 0.717) is 33.6 Å². The lowest BCUT2D eigenvalue weighted by atomic mass is 10.3. The fourth-order valence-electron chi connectivity index (χ4n) is 5.81. The third-order valence-electron chi connectivity index (χ3n) is 9.59. The Kier molecular flexibility index (Phi) is 15.0. The van der Waals surface area contributed by atoms with Crippen LogP contribution in [0.2, 0.25) is 0 Å². The van der Waals surface area contributed by atoms with Gasteiger partial charge in [0.15, 0.2) is 55.9 Å². The number of hydrogen-bond donors (Lipinski definition) is 1. The number of rotatable bonds is 16. The van der Waals surface area contributed by atoms with Crippen LogP contribution < -0.4 is 31.2 Å². The molecule has 0 bridgehead atoms. The molecule has 0 spiro atoms. The minimum absolute atomic E-state index is 0. The van der Waals surface area contributed by atoms with E-state index in [9.17, 15) is 36.0 Å². The molecule has 344 valence electrons. The lowest BCUT2D eigenvalue weighted by molar-refractivity contribution is 0.0857. The van der Waals surface area contributed by atoms with E-state index in [-0.39, 0.29) is 77.7 Å². The fraction of sp³-hybridized carbons (Fsp3) is 0.289. The number of benzene rings is 4. The van der Waals surface area contributed by atoms with Crippen LogP contribution >= 0.6 is 0 Å². The fourth-order valence-corrected chi connectivity index (χ4v) is 9.21. The van der Waals surface area contributed by atoms with Crippen LogP contribution in [-0.2, 0) is 42.4 Å². The van der Waals surface area contributed by atoms with E-state index in [1.54, 1.807) is 72.8 Å². The summed E-state index contributed by atoms with van der Waals surface area (Å²) in [5, 5.41) is 2.54. The molecule has 65 heavy (non-hydrogen) atoms. The van der Waals surface area contributed by atoms with Gasteiger partial charge in [-0.2, -0.15) is 0 Å². The van der Waals surface area contributed by atoms with Crippen molar-refractivity contribution in [1.82, 2.24) is 0 Å². The maximum absolute atomic E-state index is 12.3. The highest BCUT2D eigenvalue weighted by Crippen LogP contribution is 2.34.